The van der Waals surface area contributed by atoms with Crippen LogP contribution in [0, 0.1) is 5.82 Å². The number of hydrogen-bond donors (Lipinski definition) is 0. The Hall–Kier alpha value is -1.42. The van der Waals surface area contributed by atoms with Crippen molar-refractivity contribution in [2.24, 2.45) is 0 Å². The molecule has 0 aromatic heterocycles. The quantitative estimate of drug-likeness (QED) is 0.722. The van der Waals surface area contributed by atoms with E-state index >= 15 is 0 Å². The van der Waals surface area contributed by atoms with Gasteiger partial charge >= 0.3 is 0 Å². The molecule has 0 aliphatic carbocycles. The van der Waals surface area contributed by atoms with Gasteiger partial charge in [0.25, 0.3) is 5.91 Å². The number of rotatable bonds is 1. The van der Waals surface area contributed by atoms with E-state index in [2.05, 4.69) is 15.9 Å². The Kier molecular flexibility index (Phi) is 3.74. The fraction of sp³-hybridized carbons (Fsp3) is 0.312. The van der Waals surface area contributed by atoms with E-state index in [1.54, 1.807) is 24.3 Å². The van der Waals surface area contributed by atoms with Gasteiger partial charge in [-0.15, -0.1) is 0 Å². The van der Waals surface area contributed by atoms with Crippen molar-refractivity contribution in [3.63, 3.8) is 0 Å². The van der Waals surface area contributed by atoms with E-state index in [1.165, 1.54) is 6.07 Å². The van der Waals surface area contributed by atoms with Crippen LogP contribution < -0.4 is 0 Å². The standard InChI is InChI=1S/C16H15BrFNO/c17-11-4-3-9-19(10-11)16(20)14-7-8-15(18)13-6-2-1-5-12(13)14/h1-2,5-8,11H,3-4,9-10H2. The molecule has 20 heavy (non-hydrogen) atoms. The molecule has 0 saturated carbocycles. The number of hydrogen-bond acceptors (Lipinski definition) is 1. The van der Waals surface area contributed by atoms with E-state index in [9.17, 15) is 9.18 Å². The Morgan fingerprint density at radius 3 is 2.70 bits per heavy atom. The van der Waals surface area contributed by atoms with Gasteiger partial charge in [-0.3, -0.25) is 4.79 Å². The Bertz CT molecular complexity index is 658. The highest BCUT2D eigenvalue weighted by atomic mass is 79.9. The Morgan fingerprint density at radius 2 is 1.95 bits per heavy atom. The van der Waals surface area contributed by atoms with Crippen molar-refractivity contribution >= 4 is 32.6 Å². The molecule has 1 atom stereocenters. The fourth-order valence-electron chi connectivity index (χ4n) is 2.73. The van der Waals surface area contributed by atoms with Crippen molar-refractivity contribution < 1.29 is 9.18 Å². The normalized spacial score (nSPS) is 19.3. The fourth-order valence-corrected chi connectivity index (χ4v) is 3.40. The first-order valence-electron chi connectivity index (χ1n) is 6.77. The minimum absolute atomic E-state index is 0.00894. The summed E-state index contributed by atoms with van der Waals surface area (Å²) in [6.07, 6.45) is 2.09. The van der Waals surface area contributed by atoms with Crippen molar-refractivity contribution in [1.29, 1.82) is 0 Å². The maximum Gasteiger partial charge on any atom is 0.254 e. The third-order valence-corrected chi connectivity index (χ3v) is 4.50. The number of fused-ring (bicyclic) bond motifs is 1. The summed E-state index contributed by atoms with van der Waals surface area (Å²) in [5.74, 6) is -0.292. The molecule has 1 saturated heterocycles. The lowest BCUT2D eigenvalue weighted by Gasteiger charge is -2.30. The SMILES string of the molecule is O=C(c1ccc(F)c2ccccc12)N1CCCC(Br)C1. The number of amides is 1. The highest BCUT2D eigenvalue weighted by Gasteiger charge is 2.24. The summed E-state index contributed by atoms with van der Waals surface area (Å²) in [5, 5.41) is 1.19. The third kappa shape index (κ3) is 2.44. The number of carbonyl (C=O) groups excluding carboxylic acids is 1. The molecule has 0 bridgehead atoms. The van der Waals surface area contributed by atoms with Crippen molar-refractivity contribution in [2.45, 2.75) is 17.7 Å². The van der Waals surface area contributed by atoms with Crippen LogP contribution in [0.2, 0.25) is 0 Å². The van der Waals surface area contributed by atoms with Gasteiger partial charge in [0.15, 0.2) is 0 Å². The average Bonchev–Trinajstić information content (AvgIpc) is 2.47. The number of nitrogens with zero attached hydrogens (tertiary/aromatic N) is 1. The van der Waals surface area contributed by atoms with Crippen molar-refractivity contribution in [2.75, 3.05) is 13.1 Å². The van der Waals surface area contributed by atoms with Crippen LogP contribution in [0.15, 0.2) is 36.4 Å². The topological polar surface area (TPSA) is 20.3 Å². The zero-order chi connectivity index (χ0) is 14.1. The zero-order valence-electron chi connectivity index (χ0n) is 11.0. The number of halogens is 2. The summed E-state index contributed by atoms with van der Waals surface area (Å²) < 4.78 is 13.8. The van der Waals surface area contributed by atoms with Gasteiger partial charge in [0, 0.05) is 28.9 Å². The maximum atomic E-state index is 13.8. The highest BCUT2D eigenvalue weighted by molar-refractivity contribution is 9.09. The molecule has 1 aliphatic rings. The molecule has 104 valence electrons. The number of carbonyl (C=O) groups is 1. The summed E-state index contributed by atoms with van der Waals surface area (Å²) >= 11 is 3.58. The van der Waals surface area contributed by atoms with Crippen LogP contribution in [0.4, 0.5) is 4.39 Å². The molecule has 1 fully saturated rings. The minimum atomic E-state index is -0.283. The molecule has 0 spiro atoms. The van der Waals surface area contributed by atoms with Gasteiger partial charge in [-0.2, -0.15) is 0 Å². The van der Waals surface area contributed by atoms with Gasteiger partial charge < -0.3 is 4.90 Å². The lowest BCUT2D eigenvalue weighted by Crippen LogP contribution is -2.40. The van der Waals surface area contributed by atoms with Gasteiger partial charge in [0.05, 0.1) is 0 Å². The molecule has 2 aromatic carbocycles. The predicted molar refractivity (Wildman–Crippen MR) is 81.8 cm³/mol. The monoisotopic (exact) mass is 335 g/mol. The van der Waals surface area contributed by atoms with E-state index in [4.69, 9.17) is 0 Å². The first-order valence-corrected chi connectivity index (χ1v) is 7.69. The van der Waals surface area contributed by atoms with Gasteiger partial charge in [0.1, 0.15) is 5.82 Å². The number of alkyl halides is 1. The van der Waals surface area contributed by atoms with E-state index in [-0.39, 0.29) is 11.7 Å². The molecule has 0 N–H and O–H groups in total. The smallest absolute Gasteiger partial charge is 0.254 e. The van der Waals surface area contributed by atoms with Gasteiger partial charge in [-0.1, -0.05) is 40.2 Å². The number of piperidine rings is 1. The van der Waals surface area contributed by atoms with E-state index in [0.717, 1.165) is 19.4 Å². The first-order chi connectivity index (χ1) is 9.66. The molecule has 2 aromatic rings. The molecule has 0 radical (unpaired) electrons. The Balaban J connectivity index is 2.01. The van der Waals surface area contributed by atoms with Crippen molar-refractivity contribution in [3.8, 4) is 0 Å². The Labute approximate surface area is 125 Å². The van der Waals surface area contributed by atoms with E-state index in [1.807, 2.05) is 11.0 Å². The van der Waals surface area contributed by atoms with Crippen molar-refractivity contribution in [1.82, 2.24) is 4.90 Å². The molecule has 2 nitrogen and oxygen atoms in total. The van der Waals surface area contributed by atoms with Gasteiger partial charge in [0.2, 0.25) is 0 Å². The van der Waals surface area contributed by atoms with E-state index < -0.39 is 0 Å². The third-order valence-electron chi connectivity index (χ3n) is 3.75. The minimum Gasteiger partial charge on any atom is -0.338 e. The second kappa shape index (κ2) is 5.52. The summed E-state index contributed by atoms with van der Waals surface area (Å²) in [5.41, 5.74) is 0.587. The molecule has 1 aliphatic heterocycles. The van der Waals surface area contributed by atoms with Crippen LogP contribution in [-0.2, 0) is 0 Å². The summed E-state index contributed by atoms with van der Waals surface area (Å²) in [6, 6.07) is 10.1. The van der Waals surface area contributed by atoms with E-state index in [0.29, 0.717) is 27.7 Å². The zero-order valence-corrected chi connectivity index (χ0v) is 12.6. The van der Waals surface area contributed by atoms with Crippen LogP contribution in [0.3, 0.4) is 0 Å². The lowest BCUT2D eigenvalue weighted by molar-refractivity contribution is 0.0732. The van der Waals surface area contributed by atoms with Crippen LogP contribution >= 0.6 is 15.9 Å². The molecule has 1 amide bonds. The van der Waals surface area contributed by atoms with Crippen LogP contribution in [0.1, 0.15) is 23.2 Å². The van der Waals surface area contributed by atoms with Crippen LogP contribution in [0.25, 0.3) is 10.8 Å². The lowest BCUT2D eigenvalue weighted by atomic mass is 10.0. The highest BCUT2D eigenvalue weighted by Crippen LogP contribution is 2.25. The second-order valence-corrected chi connectivity index (χ2v) is 6.43. The molecule has 1 heterocycles. The molecule has 1 unspecified atom stereocenters. The first kappa shape index (κ1) is 13.6. The summed E-state index contributed by atoms with van der Waals surface area (Å²) in [4.78, 5) is 14.9. The molecule has 4 heteroatoms. The van der Waals surface area contributed by atoms with Crippen LogP contribution in [-0.4, -0.2) is 28.7 Å². The average molecular weight is 336 g/mol. The maximum absolute atomic E-state index is 13.8. The Morgan fingerprint density at radius 1 is 1.20 bits per heavy atom. The largest absolute Gasteiger partial charge is 0.338 e. The summed E-state index contributed by atoms with van der Waals surface area (Å²) in [7, 11) is 0. The molecular formula is C16H15BrFNO. The summed E-state index contributed by atoms with van der Waals surface area (Å²) in [6.45, 7) is 1.48. The second-order valence-electron chi connectivity index (χ2n) is 5.13. The number of likely N-dealkylation sites (tertiary alicyclic amines) is 1. The van der Waals surface area contributed by atoms with Crippen LogP contribution in [0.5, 0.6) is 0 Å². The van der Waals surface area contributed by atoms with Gasteiger partial charge in [-0.25, -0.2) is 4.39 Å². The predicted octanol–water partition coefficient (Wildman–Crippen LogP) is 3.98. The van der Waals surface area contributed by atoms with Gasteiger partial charge in [-0.05, 0) is 30.4 Å². The molecular weight excluding hydrogens is 321 g/mol. The number of benzene rings is 2. The van der Waals surface area contributed by atoms with Crippen molar-refractivity contribution in [3.05, 3.63) is 47.8 Å². The molecule has 3 rings (SSSR count).